The fourth-order valence-electron chi connectivity index (χ4n) is 3.13. The van der Waals surface area contributed by atoms with E-state index in [1.807, 2.05) is 11.9 Å². The number of ether oxygens (including phenoxy) is 1. The molecule has 4 heteroatoms. The largest absolute Gasteiger partial charge is 0.375 e. The van der Waals surface area contributed by atoms with Crippen molar-refractivity contribution in [3.8, 4) is 0 Å². The molecule has 1 aliphatic heterocycles. The number of hydrogen-bond donors (Lipinski definition) is 0. The van der Waals surface area contributed by atoms with Crippen molar-refractivity contribution in [1.29, 1.82) is 0 Å². The molecule has 1 amide bonds. The number of rotatable bonds is 7. The molecular formula is C18H28N2O2. The molecular weight excluding hydrogens is 276 g/mol. The number of aryl methyl sites for hydroxylation is 1. The molecule has 22 heavy (non-hydrogen) atoms. The zero-order valence-electron chi connectivity index (χ0n) is 13.8. The van der Waals surface area contributed by atoms with Crippen LogP contribution in [0.5, 0.6) is 0 Å². The van der Waals surface area contributed by atoms with E-state index in [2.05, 4.69) is 35.2 Å². The van der Waals surface area contributed by atoms with Crippen LogP contribution in [0.25, 0.3) is 0 Å². The van der Waals surface area contributed by atoms with Crippen LogP contribution in [0.15, 0.2) is 30.3 Å². The fraction of sp³-hybridized carbons (Fsp3) is 0.611. The third-order valence-corrected chi connectivity index (χ3v) is 4.47. The molecule has 1 aliphatic rings. The summed E-state index contributed by atoms with van der Waals surface area (Å²) < 4.78 is 4.95. The van der Waals surface area contributed by atoms with Crippen LogP contribution in [0, 0.1) is 0 Å². The molecule has 0 bridgehead atoms. The summed E-state index contributed by atoms with van der Waals surface area (Å²) >= 11 is 0. The Hall–Kier alpha value is -1.39. The van der Waals surface area contributed by atoms with Crippen molar-refractivity contribution >= 4 is 5.91 Å². The third-order valence-electron chi connectivity index (χ3n) is 4.47. The lowest BCUT2D eigenvalue weighted by Gasteiger charge is -2.37. The van der Waals surface area contributed by atoms with Crippen molar-refractivity contribution in [1.82, 2.24) is 9.80 Å². The Morgan fingerprint density at radius 3 is 2.86 bits per heavy atom. The maximum absolute atomic E-state index is 11.9. The second-order valence-corrected chi connectivity index (χ2v) is 6.12. The molecule has 1 atom stereocenters. The van der Waals surface area contributed by atoms with Crippen molar-refractivity contribution < 1.29 is 9.53 Å². The van der Waals surface area contributed by atoms with Gasteiger partial charge < -0.3 is 14.5 Å². The lowest BCUT2D eigenvalue weighted by Crippen LogP contribution is -2.49. The highest BCUT2D eigenvalue weighted by Crippen LogP contribution is 2.16. The summed E-state index contributed by atoms with van der Waals surface area (Å²) in [6.07, 6.45) is 4.56. The number of hydrogen-bond acceptors (Lipinski definition) is 3. The second-order valence-electron chi connectivity index (χ2n) is 6.12. The SMILES string of the molecule is COCC(=O)N(C)C1CCCN(CCCc2ccccc2)C1. The minimum absolute atomic E-state index is 0.0821. The molecule has 1 heterocycles. The first-order chi connectivity index (χ1) is 10.7. The molecule has 1 fully saturated rings. The van der Waals surface area contributed by atoms with Gasteiger partial charge in [-0.15, -0.1) is 0 Å². The summed E-state index contributed by atoms with van der Waals surface area (Å²) in [5.74, 6) is 0.0821. The maximum Gasteiger partial charge on any atom is 0.248 e. The van der Waals surface area contributed by atoms with Gasteiger partial charge in [0.15, 0.2) is 0 Å². The maximum atomic E-state index is 11.9. The van der Waals surface area contributed by atoms with Gasteiger partial charge in [-0.25, -0.2) is 0 Å². The average Bonchev–Trinajstić information content (AvgIpc) is 2.56. The quantitative estimate of drug-likeness (QED) is 0.774. The average molecular weight is 304 g/mol. The number of nitrogens with zero attached hydrogens (tertiary/aromatic N) is 2. The summed E-state index contributed by atoms with van der Waals surface area (Å²) in [4.78, 5) is 16.3. The predicted molar refractivity (Wildman–Crippen MR) is 88.9 cm³/mol. The molecule has 4 nitrogen and oxygen atoms in total. The Kier molecular flexibility index (Phi) is 6.87. The number of carbonyl (C=O) groups is 1. The van der Waals surface area contributed by atoms with Gasteiger partial charge in [-0.3, -0.25) is 4.79 Å². The Balaban J connectivity index is 1.74. The molecule has 0 radical (unpaired) electrons. The number of benzene rings is 1. The van der Waals surface area contributed by atoms with Crippen molar-refractivity contribution in [2.24, 2.45) is 0 Å². The summed E-state index contributed by atoms with van der Waals surface area (Å²) in [5.41, 5.74) is 1.41. The Morgan fingerprint density at radius 2 is 2.14 bits per heavy atom. The minimum Gasteiger partial charge on any atom is -0.375 e. The van der Waals surface area contributed by atoms with Gasteiger partial charge in [0.05, 0.1) is 0 Å². The summed E-state index contributed by atoms with van der Waals surface area (Å²) in [6, 6.07) is 11.0. The van der Waals surface area contributed by atoms with Crippen LogP contribution in [0.4, 0.5) is 0 Å². The van der Waals surface area contributed by atoms with Gasteiger partial charge in [0, 0.05) is 26.7 Å². The zero-order valence-corrected chi connectivity index (χ0v) is 13.8. The Bertz CT molecular complexity index is 450. The topological polar surface area (TPSA) is 32.8 Å². The first-order valence-electron chi connectivity index (χ1n) is 8.21. The van der Waals surface area contributed by atoms with Crippen LogP contribution in [-0.4, -0.2) is 62.1 Å². The monoisotopic (exact) mass is 304 g/mol. The van der Waals surface area contributed by atoms with Crippen LogP contribution < -0.4 is 0 Å². The Morgan fingerprint density at radius 1 is 1.36 bits per heavy atom. The molecule has 0 aromatic heterocycles. The lowest BCUT2D eigenvalue weighted by molar-refractivity contribution is -0.136. The van der Waals surface area contributed by atoms with Crippen LogP contribution in [0.1, 0.15) is 24.8 Å². The van der Waals surface area contributed by atoms with Gasteiger partial charge in [0.1, 0.15) is 6.61 Å². The van der Waals surface area contributed by atoms with Crippen molar-refractivity contribution in [2.45, 2.75) is 31.7 Å². The Labute approximate surface area is 134 Å². The van der Waals surface area contributed by atoms with Gasteiger partial charge in [0.2, 0.25) is 5.91 Å². The van der Waals surface area contributed by atoms with Gasteiger partial charge in [-0.05, 0) is 44.3 Å². The molecule has 1 unspecified atom stereocenters. The summed E-state index contributed by atoms with van der Waals surface area (Å²) in [6.45, 7) is 3.43. The number of carbonyl (C=O) groups excluding carboxylic acids is 1. The van der Waals surface area contributed by atoms with E-state index in [1.54, 1.807) is 7.11 Å². The first kappa shape index (κ1) is 17.0. The van der Waals surface area contributed by atoms with Crippen LogP contribution in [-0.2, 0) is 16.0 Å². The molecule has 2 rings (SSSR count). The van der Waals surface area contributed by atoms with E-state index < -0.39 is 0 Å². The van der Waals surface area contributed by atoms with E-state index >= 15 is 0 Å². The standard InChI is InChI=1S/C18H28N2O2/c1-19(18(21)15-22-2)17-11-7-13-20(14-17)12-6-10-16-8-4-3-5-9-16/h3-5,8-9,17H,6-7,10-15H2,1-2H3. The van der Waals surface area contributed by atoms with Crippen molar-refractivity contribution in [3.63, 3.8) is 0 Å². The fourth-order valence-corrected chi connectivity index (χ4v) is 3.13. The number of amides is 1. The highest BCUT2D eigenvalue weighted by atomic mass is 16.5. The van der Waals surface area contributed by atoms with Crippen LogP contribution in [0.3, 0.4) is 0 Å². The molecule has 1 aromatic carbocycles. The van der Waals surface area contributed by atoms with Gasteiger partial charge in [-0.2, -0.15) is 0 Å². The van der Waals surface area contributed by atoms with Crippen molar-refractivity contribution in [3.05, 3.63) is 35.9 Å². The van der Waals surface area contributed by atoms with Crippen LogP contribution in [0.2, 0.25) is 0 Å². The molecule has 0 spiro atoms. The molecule has 0 N–H and O–H groups in total. The molecule has 0 saturated carbocycles. The van der Waals surface area contributed by atoms with Crippen LogP contribution >= 0.6 is 0 Å². The van der Waals surface area contributed by atoms with Gasteiger partial charge in [0.25, 0.3) is 0 Å². The molecule has 122 valence electrons. The number of methoxy groups -OCH3 is 1. The predicted octanol–water partition coefficient (Wildman–Crippen LogP) is 2.19. The zero-order chi connectivity index (χ0) is 15.8. The highest BCUT2D eigenvalue weighted by Gasteiger charge is 2.25. The lowest BCUT2D eigenvalue weighted by atomic mass is 10.0. The summed E-state index contributed by atoms with van der Waals surface area (Å²) in [7, 11) is 3.47. The summed E-state index contributed by atoms with van der Waals surface area (Å²) in [5, 5.41) is 0. The molecule has 1 aromatic rings. The number of piperidine rings is 1. The smallest absolute Gasteiger partial charge is 0.248 e. The highest BCUT2D eigenvalue weighted by molar-refractivity contribution is 5.77. The van der Waals surface area contributed by atoms with Gasteiger partial charge >= 0.3 is 0 Å². The van der Waals surface area contributed by atoms with Gasteiger partial charge in [-0.1, -0.05) is 30.3 Å². The van der Waals surface area contributed by atoms with Crippen molar-refractivity contribution in [2.75, 3.05) is 40.4 Å². The number of likely N-dealkylation sites (N-methyl/N-ethyl adjacent to an activating group) is 1. The van der Waals surface area contributed by atoms with E-state index in [9.17, 15) is 4.79 Å². The van der Waals surface area contributed by atoms with E-state index in [0.29, 0.717) is 6.04 Å². The normalized spacial score (nSPS) is 19.1. The first-order valence-corrected chi connectivity index (χ1v) is 8.21. The number of likely N-dealkylation sites (tertiary alicyclic amines) is 1. The molecule has 0 aliphatic carbocycles. The van der Waals surface area contributed by atoms with E-state index in [4.69, 9.17) is 4.74 Å². The second kappa shape index (κ2) is 8.91. The van der Waals surface area contributed by atoms with E-state index in [1.165, 1.54) is 18.4 Å². The molecule has 1 saturated heterocycles. The third kappa shape index (κ3) is 5.11. The minimum atomic E-state index is 0.0821. The van der Waals surface area contributed by atoms with E-state index in [0.717, 1.165) is 32.5 Å². The van der Waals surface area contributed by atoms with E-state index in [-0.39, 0.29) is 12.5 Å².